The van der Waals surface area contributed by atoms with Crippen LogP contribution in [-0.4, -0.2) is 21.0 Å². The van der Waals surface area contributed by atoms with Crippen molar-refractivity contribution < 1.29 is 9.59 Å². The van der Waals surface area contributed by atoms with Crippen molar-refractivity contribution in [2.75, 3.05) is 0 Å². The summed E-state index contributed by atoms with van der Waals surface area (Å²) >= 11 is 1.07. The summed E-state index contributed by atoms with van der Waals surface area (Å²) in [5, 5.41) is 2.86. The van der Waals surface area contributed by atoms with Gasteiger partial charge in [0, 0.05) is 17.1 Å². The predicted octanol–water partition coefficient (Wildman–Crippen LogP) is 2.56. The molecule has 2 amide bonds. The minimum absolute atomic E-state index is 0.196. The van der Waals surface area contributed by atoms with Crippen LogP contribution in [0.3, 0.4) is 0 Å². The Morgan fingerprint density at radius 1 is 1.33 bits per heavy atom. The third-order valence-corrected chi connectivity index (χ3v) is 4.48. The number of benzene rings is 1. The molecule has 1 aliphatic heterocycles. The zero-order chi connectivity index (χ0) is 14.8. The molecule has 1 aromatic carbocycles. The number of rotatable bonds is 3. The minimum Gasteiger partial charge on any atom is -0.336 e. The maximum absolute atomic E-state index is 11.7. The van der Waals surface area contributed by atoms with E-state index in [2.05, 4.69) is 21.7 Å². The number of carbonyl (C=O) groups excluding carboxylic acids is 2. The Morgan fingerprint density at radius 3 is 2.90 bits per heavy atom. The highest BCUT2D eigenvalue weighted by Gasteiger charge is 2.31. The first-order valence-corrected chi connectivity index (χ1v) is 7.55. The molecule has 4 nitrogen and oxygen atoms in total. The molecular weight excluding hydrogens is 284 g/mol. The Hall–Kier alpha value is -2.19. The van der Waals surface area contributed by atoms with Crippen LogP contribution in [0, 0.1) is 11.8 Å². The van der Waals surface area contributed by atoms with E-state index in [4.69, 9.17) is 0 Å². The molecule has 1 aliphatic rings. The summed E-state index contributed by atoms with van der Waals surface area (Å²) in [6.07, 6.45) is 2.56. The molecule has 0 bridgehead atoms. The molecule has 3 rings (SSSR count). The fourth-order valence-electron chi connectivity index (χ4n) is 2.49. The molecule has 1 N–H and O–H groups in total. The molecule has 21 heavy (non-hydrogen) atoms. The molecule has 0 radical (unpaired) electrons. The molecule has 1 saturated heterocycles. The lowest BCUT2D eigenvalue weighted by Gasteiger charge is -2.08. The highest BCUT2D eigenvalue weighted by molar-refractivity contribution is 8.15. The molecule has 0 aliphatic carbocycles. The van der Waals surface area contributed by atoms with Crippen LogP contribution in [0.25, 0.3) is 10.9 Å². The first kappa shape index (κ1) is 13.8. The largest absolute Gasteiger partial charge is 0.336 e. The highest BCUT2D eigenvalue weighted by atomic mass is 32.2. The lowest BCUT2D eigenvalue weighted by atomic mass is 10.0. The predicted molar refractivity (Wildman–Crippen MR) is 84.0 cm³/mol. The number of amides is 2. The SMILES string of the molecule is CC#CCn1ccc2c(CC3SC(=O)NC3=O)cccc21. The fraction of sp³-hybridized carbons (Fsp3) is 0.250. The number of thioether (sulfide) groups is 1. The molecule has 5 heteroatoms. The normalized spacial score (nSPS) is 17.7. The number of nitrogens with zero attached hydrogens (tertiary/aromatic N) is 1. The summed E-state index contributed by atoms with van der Waals surface area (Å²) in [6, 6.07) is 8.08. The number of nitrogens with one attached hydrogen (secondary N) is 1. The molecule has 2 aromatic rings. The van der Waals surface area contributed by atoms with Gasteiger partial charge in [0.1, 0.15) is 0 Å². The van der Waals surface area contributed by atoms with E-state index >= 15 is 0 Å². The minimum atomic E-state index is -0.332. The van der Waals surface area contributed by atoms with E-state index in [0.717, 1.165) is 28.2 Å². The Kier molecular flexibility index (Phi) is 3.72. The number of hydrogen-bond donors (Lipinski definition) is 1. The number of hydrogen-bond acceptors (Lipinski definition) is 3. The van der Waals surface area contributed by atoms with Gasteiger partial charge in [-0.25, -0.2) is 0 Å². The molecule has 0 saturated carbocycles. The average Bonchev–Trinajstić information content (AvgIpc) is 3.01. The van der Waals surface area contributed by atoms with Crippen LogP contribution >= 0.6 is 11.8 Å². The number of aromatic nitrogens is 1. The van der Waals surface area contributed by atoms with Crippen LogP contribution in [0.5, 0.6) is 0 Å². The molecule has 1 atom stereocenters. The van der Waals surface area contributed by atoms with Crippen LogP contribution in [0.4, 0.5) is 4.79 Å². The van der Waals surface area contributed by atoms with E-state index in [9.17, 15) is 9.59 Å². The van der Waals surface area contributed by atoms with Gasteiger partial charge < -0.3 is 4.57 Å². The van der Waals surface area contributed by atoms with Crippen molar-refractivity contribution >= 4 is 33.8 Å². The van der Waals surface area contributed by atoms with Gasteiger partial charge in [-0.05, 0) is 31.0 Å². The van der Waals surface area contributed by atoms with Crippen molar-refractivity contribution in [2.45, 2.75) is 25.1 Å². The van der Waals surface area contributed by atoms with Gasteiger partial charge in [0.05, 0.1) is 11.8 Å². The van der Waals surface area contributed by atoms with Gasteiger partial charge in [-0.3, -0.25) is 14.9 Å². The number of carbonyl (C=O) groups is 2. The van der Waals surface area contributed by atoms with Crippen molar-refractivity contribution in [3.05, 3.63) is 36.0 Å². The van der Waals surface area contributed by atoms with E-state index in [1.807, 2.05) is 37.4 Å². The molecule has 1 unspecified atom stereocenters. The lowest BCUT2D eigenvalue weighted by molar-refractivity contribution is -0.118. The summed E-state index contributed by atoms with van der Waals surface area (Å²) in [7, 11) is 0. The molecule has 0 spiro atoms. The Balaban J connectivity index is 1.92. The second-order valence-electron chi connectivity index (χ2n) is 4.81. The standard InChI is InChI=1S/C16H14N2O2S/c1-2-3-8-18-9-7-12-11(5-4-6-13(12)18)10-14-15(19)17-16(20)21-14/h4-7,9,14H,8,10H2,1H3,(H,17,19,20). The van der Waals surface area contributed by atoms with E-state index in [-0.39, 0.29) is 16.4 Å². The van der Waals surface area contributed by atoms with Gasteiger partial charge in [-0.15, -0.1) is 5.92 Å². The van der Waals surface area contributed by atoms with Gasteiger partial charge in [0.15, 0.2) is 0 Å². The number of fused-ring (bicyclic) bond motifs is 1. The van der Waals surface area contributed by atoms with Crippen molar-refractivity contribution in [1.29, 1.82) is 0 Å². The monoisotopic (exact) mass is 298 g/mol. The maximum Gasteiger partial charge on any atom is 0.286 e. The van der Waals surface area contributed by atoms with Crippen molar-refractivity contribution in [3.63, 3.8) is 0 Å². The number of imide groups is 1. The third kappa shape index (κ3) is 2.67. The third-order valence-electron chi connectivity index (χ3n) is 3.50. The molecule has 1 fully saturated rings. The quantitative estimate of drug-likeness (QED) is 0.886. The Labute approximate surface area is 126 Å². The summed E-state index contributed by atoms with van der Waals surface area (Å²) < 4.78 is 2.09. The van der Waals surface area contributed by atoms with Gasteiger partial charge in [0.25, 0.3) is 5.24 Å². The van der Waals surface area contributed by atoms with Crippen LogP contribution in [0.1, 0.15) is 12.5 Å². The van der Waals surface area contributed by atoms with Crippen LogP contribution in [0.15, 0.2) is 30.5 Å². The average molecular weight is 298 g/mol. The lowest BCUT2D eigenvalue weighted by Crippen LogP contribution is -2.25. The fourth-order valence-corrected chi connectivity index (χ4v) is 3.34. The molecular formula is C16H14N2O2S. The summed E-state index contributed by atoms with van der Waals surface area (Å²) in [6.45, 7) is 2.48. The van der Waals surface area contributed by atoms with E-state index in [0.29, 0.717) is 13.0 Å². The second-order valence-corrected chi connectivity index (χ2v) is 5.98. The van der Waals surface area contributed by atoms with Crippen LogP contribution < -0.4 is 5.32 Å². The van der Waals surface area contributed by atoms with Gasteiger partial charge in [0.2, 0.25) is 5.91 Å². The summed E-state index contributed by atoms with van der Waals surface area (Å²) in [5.74, 6) is 5.74. The molecule has 106 valence electrons. The van der Waals surface area contributed by atoms with Crippen molar-refractivity contribution in [2.24, 2.45) is 0 Å². The molecule has 1 aromatic heterocycles. The van der Waals surface area contributed by atoms with E-state index in [1.165, 1.54) is 0 Å². The van der Waals surface area contributed by atoms with Crippen molar-refractivity contribution in [1.82, 2.24) is 9.88 Å². The highest BCUT2D eigenvalue weighted by Crippen LogP contribution is 2.27. The van der Waals surface area contributed by atoms with Gasteiger partial charge in [-0.2, -0.15) is 0 Å². The van der Waals surface area contributed by atoms with E-state index in [1.54, 1.807) is 0 Å². The zero-order valence-electron chi connectivity index (χ0n) is 11.6. The smallest absolute Gasteiger partial charge is 0.286 e. The first-order chi connectivity index (χ1) is 10.2. The van der Waals surface area contributed by atoms with Gasteiger partial charge in [-0.1, -0.05) is 29.8 Å². The van der Waals surface area contributed by atoms with Crippen molar-refractivity contribution in [3.8, 4) is 11.8 Å². The van der Waals surface area contributed by atoms with Crippen LogP contribution in [0.2, 0.25) is 0 Å². The summed E-state index contributed by atoms with van der Waals surface area (Å²) in [4.78, 5) is 22.9. The topological polar surface area (TPSA) is 51.1 Å². The summed E-state index contributed by atoms with van der Waals surface area (Å²) in [5.41, 5.74) is 2.18. The first-order valence-electron chi connectivity index (χ1n) is 6.67. The second kappa shape index (κ2) is 5.66. The van der Waals surface area contributed by atoms with Gasteiger partial charge >= 0.3 is 0 Å². The van der Waals surface area contributed by atoms with E-state index < -0.39 is 0 Å². The Bertz CT molecular complexity index is 782. The zero-order valence-corrected chi connectivity index (χ0v) is 12.4. The van der Waals surface area contributed by atoms with Crippen LogP contribution in [-0.2, 0) is 17.8 Å². The maximum atomic E-state index is 11.7. The molecule has 2 heterocycles. The Morgan fingerprint density at radius 2 is 2.19 bits per heavy atom.